The Hall–Kier alpha value is -2.12. The van der Waals surface area contributed by atoms with Crippen molar-refractivity contribution >= 4 is 12.0 Å². The maximum absolute atomic E-state index is 12.5. The van der Waals surface area contributed by atoms with E-state index in [1.807, 2.05) is 0 Å². The fraction of sp³-hybridized carbons (Fsp3) is 0.692. The molecule has 0 aromatic carbocycles. The Morgan fingerprint density at radius 2 is 2.24 bits per heavy atom. The number of carbonyl (C=O) groups is 2. The quantitative estimate of drug-likeness (QED) is 0.862. The number of hydrogen-bond donors (Lipinski definition) is 2. The standard InChI is InChI=1S/C13H21N5O3/c1-9-14-11(16-15-9)8-17(2)13(21)18-6-4-3-5-10(18)7-12(19)20/h10H,3-8H2,1-2H3,(H,19,20)(H,14,15,16). The molecule has 8 heteroatoms. The molecule has 1 aliphatic rings. The summed E-state index contributed by atoms with van der Waals surface area (Å²) in [6, 6.07) is -0.386. The minimum Gasteiger partial charge on any atom is -0.481 e. The third-order valence-corrected chi connectivity index (χ3v) is 3.63. The molecular weight excluding hydrogens is 274 g/mol. The molecule has 1 saturated heterocycles. The predicted molar refractivity (Wildman–Crippen MR) is 74.6 cm³/mol. The van der Waals surface area contributed by atoms with E-state index in [4.69, 9.17) is 5.11 Å². The van der Waals surface area contributed by atoms with Gasteiger partial charge in [-0.15, -0.1) is 0 Å². The summed E-state index contributed by atoms with van der Waals surface area (Å²) in [4.78, 5) is 30.8. The number of carboxylic acid groups (broad SMARTS) is 1. The Morgan fingerprint density at radius 3 is 2.86 bits per heavy atom. The smallest absolute Gasteiger partial charge is 0.320 e. The number of H-pyrrole nitrogens is 1. The van der Waals surface area contributed by atoms with E-state index in [1.54, 1.807) is 18.9 Å². The average Bonchev–Trinajstić information content (AvgIpc) is 2.83. The average molecular weight is 295 g/mol. The van der Waals surface area contributed by atoms with Crippen molar-refractivity contribution in [2.45, 2.75) is 45.2 Å². The number of rotatable bonds is 4. The van der Waals surface area contributed by atoms with Crippen LogP contribution in [0.2, 0.25) is 0 Å². The Kier molecular flexibility index (Phi) is 4.77. The second-order valence-electron chi connectivity index (χ2n) is 5.42. The Bertz CT molecular complexity index is 516. The molecule has 2 amide bonds. The molecule has 2 rings (SSSR count). The number of nitrogens with one attached hydrogen (secondary N) is 1. The van der Waals surface area contributed by atoms with Gasteiger partial charge >= 0.3 is 12.0 Å². The largest absolute Gasteiger partial charge is 0.481 e. The van der Waals surface area contributed by atoms with Gasteiger partial charge in [-0.05, 0) is 26.2 Å². The van der Waals surface area contributed by atoms with Gasteiger partial charge in [-0.2, -0.15) is 5.10 Å². The summed E-state index contributed by atoms with van der Waals surface area (Å²) in [7, 11) is 1.68. The summed E-state index contributed by atoms with van der Waals surface area (Å²) in [6.07, 6.45) is 2.62. The highest BCUT2D eigenvalue weighted by atomic mass is 16.4. The molecule has 21 heavy (non-hydrogen) atoms. The maximum atomic E-state index is 12.5. The van der Waals surface area contributed by atoms with Crippen LogP contribution < -0.4 is 0 Å². The Labute approximate surface area is 123 Å². The summed E-state index contributed by atoms with van der Waals surface area (Å²) >= 11 is 0. The number of carboxylic acids is 1. The van der Waals surface area contributed by atoms with Gasteiger partial charge in [0.25, 0.3) is 0 Å². The van der Waals surface area contributed by atoms with Gasteiger partial charge in [0.15, 0.2) is 5.82 Å². The molecule has 2 heterocycles. The van der Waals surface area contributed by atoms with Crippen LogP contribution in [-0.2, 0) is 11.3 Å². The van der Waals surface area contributed by atoms with E-state index < -0.39 is 5.97 Å². The van der Waals surface area contributed by atoms with E-state index in [2.05, 4.69) is 15.2 Å². The van der Waals surface area contributed by atoms with Gasteiger partial charge in [0.2, 0.25) is 0 Å². The zero-order valence-corrected chi connectivity index (χ0v) is 12.4. The van der Waals surface area contributed by atoms with Crippen LogP contribution in [0.4, 0.5) is 4.79 Å². The minimum atomic E-state index is -0.869. The van der Waals surface area contributed by atoms with Crippen LogP contribution in [0.3, 0.4) is 0 Å². The molecule has 1 fully saturated rings. The lowest BCUT2D eigenvalue weighted by atomic mass is 10.00. The fourth-order valence-corrected chi connectivity index (χ4v) is 2.62. The molecule has 1 aromatic rings. The van der Waals surface area contributed by atoms with Crippen molar-refractivity contribution in [2.75, 3.05) is 13.6 Å². The number of carbonyl (C=O) groups excluding carboxylic acids is 1. The molecule has 1 unspecified atom stereocenters. The number of piperidine rings is 1. The maximum Gasteiger partial charge on any atom is 0.320 e. The third-order valence-electron chi connectivity index (χ3n) is 3.63. The number of amides is 2. The van der Waals surface area contributed by atoms with Gasteiger partial charge < -0.3 is 14.9 Å². The number of nitrogens with zero attached hydrogens (tertiary/aromatic N) is 4. The van der Waals surface area contributed by atoms with Crippen LogP contribution in [0.15, 0.2) is 0 Å². The summed E-state index contributed by atoms with van der Waals surface area (Å²) < 4.78 is 0. The fourth-order valence-electron chi connectivity index (χ4n) is 2.62. The van der Waals surface area contributed by atoms with Crippen LogP contribution in [-0.4, -0.2) is 61.7 Å². The number of hydrogen-bond acceptors (Lipinski definition) is 4. The number of aliphatic carboxylic acids is 1. The van der Waals surface area contributed by atoms with Crippen LogP contribution in [0.5, 0.6) is 0 Å². The first-order valence-electron chi connectivity index (χ1n) is 7.08. The van der Waals surface area contributed by atoms with Gasteiger partial charge in [-0.25, -0.2) is 9.78 Å². The number of urea groups is 1. The number of aromatic nitrogens is 3. The summed E-state index contributed by atoms with van der Waals surface area (Å²) in [5, 5.41) is 15.7. The second-order valence-corrected chi connectivity index (χ2v) is 5.42. The highest BCUT2D eigenvalue weighted by Gasteiger charge is 2.30. The van der Waals surface area contributed by atoms with Crippen molar-refractivity contribution in [3.8, 4) is 0 Å². The van der Waals surface area contributed by atoms with Crippen molar-refractivity contribution in [2.24, 2.45) is 0 Å². The third kappa shape index (κ3) is 3.93. The van der Waals surface area contributed by atoms with Crippen LogP contribution in [0.1, 0.15) is 37.3 Å². The van der Waals surface area contributed by atoms with Crippen molar-refractivity contribution in [1.29, 1.82) is 0 Å². The Balaban J connectivity index is 2.00. The first-order chi connectivity index (χ1) is 9.97. The van der Waals surface area contributed by atoms with Gasteiger partial charge in [-0.1, -0.05) is 0 Å². The molecule has 2 N–H and O–H groups in total. The summed E-state index contributed by atoms with van der Waals surface area (Å²) in [5.41, 5.74) is 0. The lowest BCUT2D eigenvalue weighted by Gasteiger charge is -2.37. The topological polar surface area (TPSA) is 102 Å². The SMILES string of the molecule is Cc1nc(CN(C)C(=O)N2CCCCC2CC(=O)O)n[nH]1. The molecule has 116 valence electrons. The van der Waals surface area contributed by atoms with Crippen LogP contribution in [0.25, 0.3) is 0 Å². The first-order valence-corrected chi connectivity index (χ1v) is 7.08. The molecule has 0 aliphatic carbocycles. The lowest BCUT2D eigenvalue weighted by molar-refractivity contribution is -0.138. The zero-order chi connectivity index (χ0) is 15.4. The van der Waals surface area contributed by atoms with Gasteiger partial charge in [0.05, 0.1) is 13.0 Å². The van der Waals surface area contributed by atoms with E-state index in [1.165, 1.54) is 4.90 Å². The van der Waals surface area contributed by atoms with E-state index in [0.29, 0.717) is 24.7 Å². The van der Waals surface area contributed by atoms with Crippen molar-refractivity contribution in [3.05, 3.63) is 11.6 Å². The van der Waals surface area contributed by atoms with Gasteiger partial charge in [0, 0.05) is 19.6 Å². The number of aryl methyl sites for hydroxylation is 1. The predicted octanol–water partition coefficient (Wildman–Crippen LogP) is 0.994. The normalized spacial score (nSPS) is 18.6. The highest BCUT2D eigenvalue weighted by Crippen LogP contribution is 2.21. The number of aromatic amines is 1. The Morgan fingerprint density at radius 1 is 1.48 bits per heavy atom. The van der Waals surface area contributed by atoms with E-state index in [0.717, 1.165) is 19.3 Å². The monoisotopic (exact) mass is 295 g/mol. The first kappa shape index (κ1) is 15.3. The summed E-state index contributed by atoms with van der Waals surface area (Å²) in [6.45, 7) is 2.71. The second kappa shape index (κ2) is 6.55. The zero-order valence-electron chi connectivity index (χ0n) is 12.4. The molecular formula is C13H21N5O3. The lowest BCUT2D eigenvalue weighted by Crippen LogP contribution is -2.49. The number of likely N-dealkylation sites (tertiary alicyclic amines) is 1. The molecule has 0 bridgehead atoms. The summed E-state index contributed by atoms with van der Waals surface area (Å²) in [5.74, 6) is 0.384. The van der Waals surface area contributed by atoms with E-state index in [9.17, 15) is 9.59 Å². The molecule has 0 saturated carbocycles. The van der Waals surface area contributed by atoms with Gasteiger partial charge in [0.1, 0.15) is 5.82 Å². The molecule has 1 atom stereocenters. The molecule has 0 radical (unpaired) electrons. The van der Waals surface area contributed by atoms with Crippen molar-refractivity contribution in [3.63, 3.8) is 0 Å². The highest BCUT2D eigenvalue weighted by molar-refractivity contribution is 5.76. The van der Waals surface area contributed by atoms with Crippen LogP contribution in [0, 0.1) is 6.92 Å². The molecule has 8 nitrogen and oxygen atoms in total. The molecule has 1 aliphatic heterocycles. The van der Waals surface area contributed by atoms with E-state index in [-0.39, 0.29) is 18.5 Å². The van der Waals surface area contributed by atoms with Crippen molar-refractivity contribution in [1.82, 2.24) is 25.0 Å². The molecule has 1 aromatic heterocycles. The van der Waals surface area contributed by atoms with Crippen LogP contribution >= 0.6 is 0 Å². The van der Waals surface area contributed by atoms with E-state index >= 15 is 0 Å². The molecule has 0 spiro atoms. The van der Waals surface area contributed by atoms with Gasteiger partial charge in [-0.3, -0.25) is 9.89 Å². The van der Waals surface area contributed by atoms with Crippen molar-refractivity contribution < 1.29 is 14.7 Å². The minimum absolute atomic E-state index is 0.000652.